The van der Waals surface area contributed by atoms with E-state index in [-0.39, 0.29) is 5.41 Å². The van der Waals surface area contributed by atoms with Gasteiger partial charge in [0.1, 0.15) is 11.2 Å². The quantitative estimate of drug-likeness (QED) is 0.151. The second-order valence-electron chi connectivity index (χ2n) is 20.0. The Morgan fingerprint density at radius 2 is 0.847 bits per heavy atom. The predicted octanol–water partition coefficient (Wildman–Crippen LogP) is 18.7. The smallest absolute Gasteiger partial charge is 0.136 e. The molecule has 2 nitrogen and oxygen atoms in total. The molecule has 1 heterocycles. The zero-order valence-electron chi connectivity index (χ0n) is 40.2. The Morgan fingerprint density at radius 1 is 0.306 bits per heavy atom. The topological polar surface area (TPSA) is 16.4 Å². The average molecular weight is 920 g/mol. The van der Waals surface area contributed by atoms with E-state index in [0.29, 0.717) is 0 Å². The predicted molar refractivity (Wildman–Crippen MR) is 300 cm³/mol. The highest BCUT2D eigenvalue weighted by Gasteiger charge is 2.46. The number of anilines is 3. The minimum atomic E-state index is -0.437. The van der Waals surface area contributed by atoms with Gasteiger partial charge in [0.15, 0.2) is 0 Å². The second kappa shape index (κ2) is 16.3. The highest BCUT2D eigenvalue weighted by atomic mass is 16.3. The third-order valence-electron chi connectivity index (χ3n) is 15.8. The van der Waals surface area contributed by atoms with E-state index in [0.717, 1.165) is 61.3 Å². The number of rotatable bonds is 8. The first-order valence-electron chi connectivity index (χ1n) is 25.1. The van der Waals surface area contributed by atoms with Gasteiger partial charge < -0.3 is 9.32 Å². The maximum absolute atomic E-state index is 6.33. The lowest BCUT2D eigenvalue weighted by Crippen LogP contribution is -2.28. The number of para-hydroxylation sites is 2. The summed E-state index contributed by atoms with van der Waals surface area (Å²) in [6, 6.07) is 96.1. The summed E-state index contributed by atoms with van der Waals surface area (Å²) in [5, 5.41) is 2.27. The molecule has 0 radical (unpaired) electrons. The van der Waals surface area contributed by atoms with Crippen molar-refractivity contribution in [3.63, 3.8) is 0 Å². The van der Waals surface area contributed by atoms with Crippen molar-refractivity contribution in [1.29, 1.82) is 0 Å². The first kappa shape index (κ1) is 41.9. The summed E-state index contributed by atoms with van der Waals surface area (Å²) >= 11 is 0. The zero-order chi connectivity index (χ0) is 48.0. The summed E-state index contributed by atoms with van der Waals surface area (Å²) in [5.74, 6) is 0. The van der Waals surface area contributed by atoms with E-state index in [1.165, 1.54) is 66.8 Å². The molecule has 12 aromatic rings. The number of benzene rings is 11. The summed E-state index contributed by atoms with van der Waals surface area (Å²) in [6.45, 7) is 4.72. The first-order valence-corrected chi connectivity index (χ1v) is 25.1. The van der Waals surface area contributed by atoms with Gasteiger partial charge >= 0.3 is 0 Å². The number of furan rings is 1. The largest absolute Gasteiger partial charge is 0.456 e. The highest BCUT2D eigenvalue weighted by molar-refractivity contribution is 6.06. The standard InChI is InChI=1S/C70H49NO/c1-69(2)62-28-13-9-25-56(62)58-40-38-54(45-65(58)69)71(53-36-32-46(33-37-53)49-34-39-60-59-27-12-16-31-67(59)72-68(60)44-49)66-30-15-11-24-55(66)50-19-17-18-47(42-50)48-35-41-64-61(43-48)57-26-10-14-29-63(57)70(64,51-20-5-3-6-21-51)52-22-7-4-8-23-52/h3-45H,1-2H3. The van der Waals surface area contributed by atoms with Crippen molar-refractivity contribution in [1.82, 2.24) is 0 Å². The van der Waals surface area contributed by atoms with Crippen molar-refractivity contribution in [3.05, 3.63) is 294 Å². The van der Waals surface area contributed by atoms with Crippen LogP contribution in [0.15, 0.2) is 265 Å². The van der Waals surface area contributed by atoms with Crippen molar-refractivity contribution in [2.75, 3.05) is 4.90 Å². The van der Waals surface area contributed by atoms with Crippen LogP contribution >= 0.6 is 0 Å². The highest BCUT2D eigenvalue weighted by Crippen LogP contribution is 2.57. The van der Waals surface area contributed by atoms with Crippen LogP contribution in [0.3, 0.4) is 0 Å². The monoisotopic (exact) mass is 919 g/mol. The molecule has 2 aliphatic rings. The van der Waals surface area contributed by atoms with E-state index in [9.17, 15) is 0 Å². The maximum Gasteiger partial charge on any atom is 0.136 e. The molecular weight excluding hydrogens is 871 g/mol. The van der Waals surface area contributed by atoms with E-state index in [1.54, 1.807) is 0 Å². The first-order chi connectivity index (χ1) is 35.4. The molecule has 1 aromatic heterocycles. The van der Waals surface area contributed by atoms with Crippen molar-refractivity contribution in [2.24, 2.45) is 0 Å². The van der Waals surface area contributed by atoms with Crippen LogP contribution in [-0.2, 0) is 10.8 Å². The van der Waals surface area contributed by atoms with Crippen LogP contribution in [-0.4, -0.2) is 0 Å². The van der Waals surface area contributed by atoms with Crippen LogP contribution in [0.1, 0.15) is 47.2 Å². The van der Waals surface area contributed by atoms with Gasteiger partial charge in [-0.05, 0) is 144 Å². The molecule has 0 unspecified atom stereocenters. The van der Waals surface area contributed by atoms with Gasteiger partial charge in [0.25, 0.3) is 0 Å². The Kier molecular flexibility index (Phi) is 9.50. The van der Waals surface area contributed by atoms with Gasteiger partial charge in [0.05, 0.1) is 11.1 Å². The second-order valence-corrected chi connectivity index (χ2v) is 20.0. The lowest BCUT2D eigenvalue weighted by molar-refractivity contribution is 0.660. The van der Waals surface area contributed by atoms with Crippen LogP contribution in [0.2, 0.25) is 0 Å². The van der Waals surface area contributed by atoms with Crippen molar-refractivity contribution in [2.45, 2.75) is 24.7 Å². The molecule has 0 saturated heterocycles. The molecular formula is C70H49NO. The van der Waals surface area contributed by atoms with E-state index in [1.807, 2.05) is 12.1 Å². The van der Waals surface area contributed by atoms with E-state index in [4.69, 9.17) is 4.42 Å². The number of hydrogen-bond donors (Lipinski definition) is 0. The lowest BCUT2D eigenvalue weighted by Gasteiger charge is -2.33. The van der Waals surface area contributed by atoms with Crippen molar-refractivity contribution >= 4 is 39.0 Å². The Hall–Kier alpha value is -8.98. The fraction of sp³-hybridized carbons (Fsp3) is 0.0571. The molecule has 0 fully saturated rings. The third-order valence-corrected chi connectivity index (χ3v) is 15.8. The van der Waals surface area contributed by atoms with Crippen LogP contribution in [0.25, 0.3) is 77.6 Å². The van der Waals surface area contributed by atoms with Crippen molar-refractivity contribution in [3.8, 4) is 55.6 Å². The fourth-order valence-corrected chi connectivity index (χ4v) is 12.4. The summed E-state index contributed by atoms with van der Waals surface area (Å²) in [7, 11) is 0. The molecule has 2 aliphatic carbocycles. The molecule has 0 saturated carbocycles. The molecule has 2 heteroatoms. The summed E-state index contributed by atoms with van der Waals surface area (Å²) in [5.41, 5.74) is 24.5. The maximum atomic E-state index is 6.33. The van der Waals surface area contributed by atoms with E-state index >= 15 is 0 Å². The molecule has 0 aliphatic heterocycles. The molecule has 0 spiro atoms. The molecule has 72 heavy (non-hydrogen) atoms. The van der Waals surface area contributed by atoms with Crippen molar-refractivity contribution < 1.29 is 4.42 Å². The zero-order valence-corrected chi connectivity index (χ0v) is 40.2. The molecule has 0 bridgehead atoms. The Bertz CT molecular complexity index is 4030. The van der Waals surface area contributed by atoms with Gasteiger partial charge in [-0.25, -0.2) is 0 Å². The minimum Gasteiger partial charge on any atom is -0.456 e. The molecule has 14 rings (SSSR count). The molecule has 0 atom stereocenters. The SMILES string of the molecule is CC1(C)c2ccccc2-c2ccc(N(c3ccc(-c4ccc5c(c4)oc4ccccc45)cc3)c3ccccc3-c3cccc(-c4ccc5c(c4)-c4ccccc4C5(c4ccccc4)c4ccccc4)c3)cc21. The summed E-state index contributed by atoms with van der Waals surface area (Å²) in [6.07, 6.45) is 0. The molecule has 0 amide bonds. The Morgan fingerprint density at radius 3 is 1.62 bits per heavy atom. The van der Waals surface area contributed by atoms with Crippen LogP contribution in [0.5, 0.6) is 0 Å². The molecule has 340 valence electrons. The van der Waals surface area contributed by atoms with Crippen LogP contribution in [0.4, 0.5) is 17.1 Å². The van der Waals surface area contributed by atoms with Gasteiger partial charge in [-0.1, -0.05) is 214 Å². The van der Waals surface area contributed by atoms with Crippen LogP contribution < -0.4 is 4.90 Å². The van der Waals surface area contributed by atoms with Gasteiger partial charge in [-0.3, -0.25) is 0 Å². The Labute approximate surface area is 420 Å². The van der Waals surface area contributed by atoms with Crippen LogP contribution in [0, 0.1) is 0 Å². The molecule has 11 aromatic carbocycles. The van der Waals surface area contributed by atoms with Gasteiger partial charge in [0, 0.05) is 33.1 Å². The van der Waals surface area contributed by atoms with Gasteiger partial charge in [0.2, 0.25) is 0 Å². The average Bonchev–Trinajstić information content (AvgIpc) is 4.05. The minimum absolute atomic E-state index is 0.154. The normalized spacial score (nSPS) is 13.6. The van der Waals surface area contributed by atoms with Gasteiger partial charge in [-0.2, -0.15) is 0 Å². The number of nitrogens with zero attached hydrogens (tertiary/aromatic N) is 1. The van der Waals surface area contributed by atoms with E-state index in [2.05, 4.69) is 267 Å². The third kappa shape index (κ3) is 6.35. The lowest BCUT2D eigenvalue weighted by atomic mass is 9.67. The number of hydrogen-bond acceptors (Lipinski definition) is 2. The summed E-state index contributed by atoms with van der Waals surface area (Å²) in [4.78, 5) is 2.45. The summed E-state index contributed by atoms with van der Waals surface area (Å²) < 4.78 is 6.33. The van der Waals surface area contributed by atoms with Gasteiger partial charge in [-0.15, -0.1) is 0 Å². The number of fused-ring (bicyclic) bond motifs is 9. The Balaban J connectivity index is 0.892. The fourth-order valence-electron chi connectivity index (χ4n) is 12.4. The van der Waals surface area contributed by atoms with E-state index < -0.39 is 5.41 Å². The molecule has 0 N–H and O–H groups in total.